The van der Waals surface area contributed by atoms with Gasteiger partial charge in [-0.2, -0.15) is 0 Å². The molecule has 0 bridgehead atoms. The lowest BCUT2D eigenvalue weighted by Gasteiger charge is -2.12. The number of anilines is 1. The Labute approximate surface area is 135 Å². The Morgan fingerprint density at radius 1 is 1.00 bits per heavy atom. The number of nitrogens with one attached hydrogen (secondary N) is 2. The highest BCUT2D eigenvalue weighted by atomic mass is 16.3. The molecule has 0 saturated heterocycles. The van der Waals surface area contributed by atoms with Crippen LogP contribution in [0.2, 0.25) is 0 Å². The fraction of sp³-hybridized carbons (Fsp3) is 0.222. The van der Waals surface area contributed by atoms with Crippen molar-refractivity contribution in [3.05, 3.63) is 65.7 Å². The van der Waals surface area contributed by atoms with Crippen LogP contribution in [0.15, 0.2) is 54.6 Å². The standard InChI is InChI=1S/C18H20N2O3/c1-13(21)12-19-17(22)18(23)20-16-10-6-5-9-15(16)11-14-7-3-2-4-8-14/h2-10,13,21H,11-12H2,1H3,(H,19,22)(H,20,23). The molecule has 5 nitrogen and oxygen atoms in total. The molecular weight excluding hydrogens is 292 g/mol. The number of aliphatic hydroxyl groups excluding tert-OH is 1. The number of rotatable bonds is 5. The van der Waals surface area contributed by atoms with E-state index in [1.807, 2.05) is 42.5 Å². The zero-order valence-corrected chi connectivity index (χ0v) is 13.0. The number of benzene rings is 2. The predicted molar refractivity (Wildman–Crippen MR) is 89.0 cm³/mol. The summed E-state index contributed by atoms with van der Waals surface area (Å²) >= 11 is 0. The van der Waals surface area contributed by atoms with Gasteiger partial charge in [0.25, 0.3) is 0 Å². The predicted octanol–water partition coefficient (Wildman–Crippen LogP) is 1.71. The van der Waals surface area contributed by atoms with Crippen LogP contribution in [-0.4, -0.2) is 29.6 Å². The highest BCUT2D eigenvalue weighted by Crippen LogP contribution is 2.19. The Hall–Kier alpha value is -2.66. The highest BCUT2D eigenvalue weighted by Gasteiger charge is 2.15. The molecular formula is C18H20N2O3. The maximum atomic E-state index is 11.9. The summed E-state index contributed by atoms with van der Waals surface area (Å²) in [5, 5.41) is 14.1. The summed E-state index contributed by atoms with van der Waals surface area (Å²) in [4.78, 5) is 23.6. The molecule has 23 heavy (non-hydrogen) atoms. The number of hydrogen-bond donors (Lipinski definition) is 3. The van der Waals surface area contributed by atoms with Crippen LogP contribution in [0.1, 0.15) is 18.1 Å². The SMILES string of the molecule is CC(O)CNC(=O)C(=O)Nc1ccccc1Cc1ccccc1. The lowest BCUT2D eigenvalue weighted by molar-refractivity contribution is -0.136. The Bertz CT molecular complexity index is 669. The minimum Gasteiger partial charge on any atom is -0.392 e. The molecule has 0 aliphatic carbocycles. The van der Waals surface area contributed by atoms with E-state index in [4.69, 9.17) is 5.11 Å². The first-order chi connectivity index (χ1) is 11.1. The summed E-state index contributed by atoms with van der Waals surface area (Å²) in [6.45, 7) is 1.57. The molecule has 1 atom stereocenters. The second-order valence-corrected chi connectivity index (χ2v) is 5.33. The third kappa shape index (κ3) is 5.23. The number of hydrogen-bond acceptors (Lipinski definition) is 3. The van der Waals surface area contributed by atoms with Crippen molar-refractivity contribution in [2.45, 2.75) is 19.4 Å². The van der Waals surface area contributed by atoms with Crippen molar-refractivity contribution < 1.29 is 14.7 Å². The van der Waals surface area contributed by atoms with Crippen molar-refractivity contribution in [3.63, 3.8) is 0 Å². The molecule has 120 valence electrons. The van der Waals surface area contributed by atoms with Gasteiger partial charge in [-0.3, -0.25) is 9.59 Å². The molecule has 2 aromatic rings. The molecule has 0 heterocycles. The van der Waals surface area contributed by atoms with E-state index in [1.54, 1.807) is 12.1 Å². The van der Waals surface area contributed by atoms with E-state index in [0.29, 0.717) is 12.1 Å². The quantitative estimate of drug-likeness (QED) is 0.736. The molecule has 0 aliphatic rings. The summed E-state index contributed by atoms with van der Waals surface area (Å²) in [7, 11) is 0. The van der Waals surface area contributed by atoms with Crippen LogP contribution in [0.25, 0.3) is 0 Å². The number of amides is 2. The largest absolute Gasteiger partial charge is 0.392 e. The van der Waals surface area contributed by atoms with Crippen molar-refractivity contribution in [2.24, 2.45) is 0 Å². The van der Waals surface area contributed by atoms with E-state index in [2.05, 4.69) is 10.6 Å². The van der Waals surface area contributed by atoms with Crippen LogP contribution in [0.5, 0.6) is 0 Å². The first-order valence-corrected chi connectivity index (χ1v) is 7.45. The molecule has 0 aromatic heterocycles. The molecule has 0 fully saturated rings. The second-order valence-electron chi connectivity index (χ2n) is 5.33. The molecule has 0 saturated carbocycles. The molecule has 1 unspecified atom stereocenters. The van der Waals surface area contributed by atoms with Gasteiger partial charge < -0.3 is 15.7 Å². The van der Waals surface area contributed by atoms with Gasteiger partial charge in [0.2, 0.25) is 0 Å². The lowest BCUT2D eigenvalue weighted by atomic mass is 10.0. The monoisotopic (exact) mass is 312 g/mol. The Morgan fingerprint density at radius 2 is 1.65 bits per heavy atom. The minimum atomic E-state index is -0.764. The van der Waals surface area contributed by atoms with E-state index in [-0.39, 0.29) is 6.54 Å². The van der Waals surface area contributed by atoms with Crippen LogP contribution >= 0.6 is 0 Å². The van der Waals surface area contributed by atoms with E-state index in [0.717, 1.165) is 11.1 Å². The lowest BCUT2D eigenvalue weighted by Crippen LogP contribution is -2.39. The van der Waals surface area contributed by atoms with Crippen molar-refractivity contribution in [1.82, 2.24) is 5.32 Å². The minimum absolute atomic E-state index is 0.0396. The summed E-state index contributed by atoms with van der Waals surface area (Å²) in [5.41, 5.74) is 2.65. The zero-order chi connectivity index (χ0) is 16.7. The van der Waals surface area contributed by atoms with E-state index < -0.39 is 17.9 Å². The topological polar surface area (TPSA) is 78.4 Å². The first-order valence-electron chi connectivity index (χ1n) is 7.45. The molecule has 5 heteroatoms. The zero-order valence-electron chi connectivity index (χ0n) is 13.0. The average Bonchev–Trinajstić information content (AvgIpc) is 2.55. The van der Waals surface area contributed by atoms with Gasteiger partial charge in [-0.05, 0) is 30.5 Å². The maximum absolute atomic E-state index is 11.9. The molecule has 2 rings (SSSR count). The summed E-state index contributed by atoms with van der Waals surface area (Å²) in [6, 6.07) is 17.2. The molecule has 2 aromatic carbocycles. The number of aliphatic hydroxyl groups is 1. The Kier molecular flexibility index (Phi) is 5.88. The van der Waals surface area contributed by atoms with Crippen molar-refractivity contribution in [3.8, 4) is 0 Å². The van der Waals surface area contributed by atoms with Gasteiger partial charge >= 0.3 is 11.8 Å². The summed E-state index contributed by atoms with van der Waals surface area (Å²) in [6.07, 6.45) is -0.0378. The van der Waals surface area contributed by atoms with Gasteiger partial charge in [0.1, 0.15) is 0 Å². The van der Waals surface area contributed by atoms with Crippen LogP contribution in [0.4, 0.5) is 5.69 Å². The number of carbonyl (C=O) groups excluding carboxylic acids is 2. The van der Waals surface area contributed by atoms with Crippen molar-refractivity contribution in [1.29, 1.82) is 0 Å². The molecule has 3 N–H and O–H groups in total. The van der Waals surface area contributed by atoms with E-state index in [1.165, 1.54) is 6.92 Å². The smallest absolute Gasteiger partial charge is 0.313 e. The first kappa shape index (κ1) is 16.7. The third-order valence-corrected chi connectivity index (χ3v) is 3.27. The number of carbonyl (C=O) groups is 2. The fourth-order valence-electron chi connectivity index (χ4n) is 2.11. The van der Waals surface area contributed by atoms with E-state index >= 15 is 0 Å². The van der Waals surface area contributed by atoms with Crippen LogP contribution in [0.3, 0.4) is 0 Å². The van der Waals surface area contributed by atoms with Gasteiger partial charge in [-0.25, -0.2) is 0 Å². The van der Waals surface area contributed by atoms with Crippen LogP contribution < -0.4 is 10.6 Å². The van der Waals surface area contributed by atoms with Crippen molar-refractivity contribution >= 4 is 17.5 Å². The second kappa shape index (κ2) is 8.10. The fourth-order valence-corrected chi connectivity index (χ4v) is 2.11. The number of para-hydroxylation sites is 1. The summed E-state index contributed by atoms with van der Waals surface area (Å²) < 4.78 is 0. The molecule has 2 amide bonds. The Balaban J connectivity index is 2.05. The van der Waals surface area contributed by atoms with E-state index in [9.17, 15) is 9.59 Å². The Morgan fingerprint density at radius 3 is 2.35 bits per heavy atom. The average molecular weight is 312 g/mol. The summed E-state index contributed by atoms with van der Waals surface area (Å²) in [5.74, 6) is -1.51. The normalized spacial score (nSPS) is 11.6. The molecule has 0 radical (unpaired) electrons. The van der Waals surface area contributed by atoms with Gasteiger partial charge in [0, 0.05) is 12.2 Å². The molecule has 0 spiro atoms. The third-order valence-electron chi connectivity index (χ3n) is 3.27. The van der Waals surface area contributed by atoms with Gasteiger partial charge in [0.15, 0.2) is 0 Å². The molecule has 0 aliphatic heterocycles. The maximum Gasteiger partial charge on any atom is 0.313 e. The van der Waals surface area contributed by atoms with Gasteiger partial charge in [-0.1, -0.05) is 48.5 Å². The van der Waals surface area contributed by atoms with Crippen molar-refractivity contribution in [2.75, 3.05) is 11.9 Å². The van der Waals surface area contributed by atoms with Crippen LogP contribution in [0, 0.1) is 0 Å². The van der Waals surface area contributed by atoms with Gasteiger partial charge in [-0.15, -0.1) is 0 Å². The van der Waals surface area contributed by atoms with Gasteiger partial charge in [0.05, 0.1) is 6.10 Å². The highest BCUT2D eigenvalue weighted by molar-refractivity contribution is 6.39. The van der Waals surface area contributed by atoms with Crippen LogP contribution in [-0.2, 0) is 16.0 Å².